The number of thiophene rings is 2. The summed E-state index contributed by atoms with van der Waals surface area (Å²) in [4.78, 5) is 11.2. The van der Waals surface area contributed by atoms with Crippen LogP contribution in [-0.4, -0.2) is 11.1 Å². The lowest BCUT2D eigenvalue weighted by atomic mass is 10.3. The first-order valence-electron chi connectivity index (χ1n) is 3.50. The van der Waals surface area contributed by atoms with Crippen LogP contribution in [0, 0.1) is 12.7 Å². The second kappa shape index (κ2) is 2.78. The van der Waals surface area contributed by atoms with Crippen molar-refractivity contribution in [3.63, 3.8) is 0 Å². The number of hydrogen-bond donors (Lipinski definition) is 1. The summed E-state index contributed by atoms with van der Waals surface area (Å²) in [6.07, 6.45) is 0. The summed E-state index contributed by atoms with van der Waals surface area (Å²) in [5.41, 5.74) is 0. The van der Waals surface area contributed by atoms with Gasteiger partial charge in [0.05, 0.1) is 0 Å². The number of aryl methyl sites for hydroxylation is 1. The number of aromatic carboxylic acids is 1. The van der Waals surface area contributed by atoms with Crippen LogP contribution >= 0.6 is 22.7 Å². The molecule has 1 N–H and O–H groups in total. The minimum Gasteiger partial charge on any atom is -0.477 e. The van der Waals surface area contributed by atoms with E-state index in [2.05, 4.69) is 0 Å². The summed E-state index contributed by atoms with van der Waals surface area (Å²) < 4.78 is 14.1. The van der Waals surface area contributed by atoms with E-state index in [1.807, 2.05) is 0 Å². The Kier molecular flexibility index (Phi) is 1.85. The van der Waals surface area contributed by atoms with Gasteiger partial charge in [-0.2, -0.15) is 0 Å². The number of fused-ring (bicyclic) bond motifs is 1. The van der Waals surface area contributed by atoms with Gasteiger partial charge >= 0.3 is 5.97 Å². The molecule has 0 saturated carbocycles. The Morgan fingerprint density at radius 2 is 2.31 bits per heavy atom. The molecule has 0 spiro atoms. The summed E-state index contributed by atoms with van der Waals surface area (Å²) in [5.74, 6) is -1.78. The number of rotatable bonds is 1. The molecule has 0 atom stereocenters. The molecule has 5 heteroatoms. The van der Waals surface area contributed by atoms with Gasteiger partial charge in [0.25, 0.3) is 0 Å². The lowest BCUT2D eigenvalue weighted by Crippen LogP contribution is -1.94. The van der Waals surface area contributed by atoms with Crippen LogP contribution in [0.3, 0.4) is 0 Å². The first kappa shape index (κ1) is 8.65. The quantitative estimate of drug-likeness (QED) is 0.795. The van der Waals surface area contributed by atoms with E-state index in [9.17, 15) is 9.18 Å². The van der Waals surface area contributed by atoms with E-state index in [-0.39, 0.29) is 4.88 Å². The fourth-order valence-corrected chi connectivity index (χ4v) is 3.14. The summed E-state index contributed by atoms with van der Waals surface area (Å²) in [5, 5.41) is 10.9. The van der Waals surface area contributed by atoms with E-state index in [1.165, 1.54) is 11.3 Å². The van der Waals surface area contributed by atoms with Gasteiger partial charge in [0.15, 0.2) is 5.82 Å². The highest BCUT2D eigenvalue weighted by Gasteiger charge is 2.19. The third kappa shape index (κ3) is 1.15. The van der Waals surface area contributed by atoms with Crippen LogP contribution in [0.15, 0.2) is 5.38 Å². The molecule has 0 amide bonds. The third-order valence-corrected chi connectivity index (χ3v) is 3.93. The maximum Gasteiger partial charge on any atom is 0.348 e. The molecule has 2 nitrogen and oxygen atoms in total. The second-order valence-corrected chi connectivity index (χ2v) is 4.72. The molecule has 0 aliphatic carbocycles. The van der Waals surface area contributed by atoms with Crippen molar-refractivity contribution in [3.05, 3.63) is 21.0 Å². The van der Waals surface area contributed by atoms with Crippen LogP contribution < -0.4 is 0 Å². The fourth-order valence-electron chi connectivity index (χ4n) is 1.18. The third-order valence-electron chi connectivity index (χ3n) is 1.77. The second-order valence-electron chi connectivity index (χ2n) is 2.58. The van der Waals surface area contributed by atoms with Crippen molar-refractivity contribution >= 4 is 38.7 Å². The first-order valence-corrected chi connectivity index (χ1v) is 5.20. The van der Waals surface area contributed by atoms with Crippen molar-refractivity contribution in [2.75, 3.05) is 0 Å². The maximum atomic E-state index is 13.4. The predicted molar refractivity (Wildman–Crippen MR) is 51.4 cm³/mol. The van der Waals surface area contributed by atoms with Gasteiger partial charge in [0.1, 0.15) is 4.88 Å². The number of carboxylic acid groups (broad SMARTS) is 1. The molecule has 2 heterocycles. The van der Waals surface area contributed by atoms with Gasteiger partial charge in [-0.25, -0.2) is 9.18 Å². The highest BCUT2D eigenvalue weighted by atomic mass is 32.1. The molecule has 2 aromatic heterocycles. The lowest BCUT2D eigenvalue weighted by molar-refractivity contribution is 0.0698. The lowest BCUT2D eigenvalue weighted by Gasteiger charge is -1.87. The van der Waals surface area contributed by atoms with Gasteiger partial charge in [0, 0.05) is 20.3 Å². The van der Waals surface area contributed by atoms with E-state index in [4.69, 9.17) is 5.11 Å². The predicted octanol–water partition coefficient (Wildman–Crippen LogP) is 3.11. The van der Waals surface area contributed by atoms with E-state index in [0.717, 1.165) is 20.9 Å². The van der Waals surface area contributed by atoms with Gasteiger partial charge < -0.3 is 5.11 Å². The monoisotopic (exact) mass is 216 g/mol. The molecular formula is C8H5FO2S2. The molecule has 0 aromatic carbocycles. The van der Waals surface area contributed by atoms with Crippen molar-refractivity contribution in [3.8, 4) is 0 Å². The van der Waals surface area contributed by atoms with Crippen LogP contribution in [0.5, 0.6) is 0 Å². The maximum absolute atomic E-state index is 13.4. The zero-order valence-corrected chi connectivity index (χ0v) is 8.26. The first-order chi connectivity index (χ1) is 6.11. The molecule has 68 valence electrons. The summed E-state index contributed by atoms with van der Waals surface area (Å²) in [6, 6.07) is 0. The molecule has 0 aliphatic rings. The van der Waals surface area contributed by atoms with Gasteiger partial charge in [-0.15, -0.1) is 22.7 Å². The molecule has 2 rings (SSSR count). The molecule has 0 aliphatic heterocycles. The SMILES string of the molecule is Cc1scc2sc(C(=O)O)c(F)c12. The molecule has 0 unspecified atom stereocenters. The Morgan fingerprint density at radius 1 is 1.62 bits per heavy atom. The number of carboxylic acids is 1. The topological polar surface area (TPSA) is 37.3 Å². The Hall–Kier alpha value is -0.940. The number of hydrogen-bond acceptors (Lipinski definition) is 3. The van der Waals surface area contributed by atoms with Gasteiger partial charge in [-0.1, -0.05) is 0 Å². The Morgan fingerprint density at radius 3 is 2.85 bits per heavy atom. The number of halogens is 1. The zero-order valence-electron chi connectivity index (χ0n) is 6.63. The van der Waals surface area contributed by atoms with E-state index < -0.39 is 11.8 Å². The summed E-state index contributed by atoms with van der Waals surface area (Å²) in [6.45, 7) is 1.79. The Labute approximate surface area is 81.2 Å². The molecule has 13 heavy (non-hydrogen) atoms. The number of carbonyl (C=O) groups is 1. The van der Waals surface area contributed by atoms with Crippen molar-refractivity contribution in [2.24, 2.45) is 0 Å². The molecule has 0 saturated heterocycles. The van der Waals surface area contributed by atoms with Gasteiger partial charge in [-0.05, 0) is 6.92 Å². The molecule has 0 fully saturated rings. The van der Waals surface area contributed by atoms with E-state index in [0.29, 0.717) is 5.39 Å². The smallest absolute Gasteiger partial charge is 0.348 e. The standard InChI is InChI=1S/C8H5FO2S2/c1-3-5-4(2-12-3)13-7(6(5)9)8(10)11/h2H,1H3,(H,10,11). The van der Waals surface area contributed by atoms with Crippen LogP contribution in [0.25, 0.3) is 10.1 Å². The average Bonchev–Trinajstić information content (AvgIpc) is 2.55. The summed E-state index contributed by atoms with van der Waals surface area (Å²) in [7, 11) is 0. The summed E-state index contributed by atoms with van der Waals surface area (Å²) >= 11 is 2.43. The molecule has 0 radical (unpaired) electrons. The Bertz CT molecular complexity index is 484. The minimum atomic E-state index is -1.19. The Balaban J connectivity index is 2.82. The normalized spacial score (nSPS) is 10.9. The van der Waals surface area contributed by atoms with Crippen LogP contribution in [0.2, 0.25) is 0 Å². The minimum absolute atomic E-state index is 0.194. The highest BCUT2D eigenvalue weighted by molar-refractivity contribution is 7.24. The van der Waals surface area contributed by atoms with E-state index in [1.54, 1.807) is 12.3 Å². The average molecular weight is 216 g/mol. The van der Waals surface area contributed by atoms with Crippen molar-refractivity contribution in [1.29, 1.82) is 0 Å². The molecular weight excluding hydrogens is 211 g/mol. The van der Waals surface area contributed by atoms with Crippen LogP contribution in [0.4, 0.5) is 4.39 Å². The largest absolute Gasteiger partial charge is 0.477 e. The zero-order chi connectivity index (χ0) is 9.59. The van der Waals surface area contributed by atoms with Crippen molar-refractivity contribution in [1.82, 2.24) is 0 Å². The van der Waals surface area contributed by atoms with Crippen molar-refractivity contribution < 1.29 is 14.3 Å². The van der Waals surface area contributed by atoms with Crippen molar-refractivity contribution in [2.45, 2.75) is 6.92 Å². The fraction of sp³-hybridized carbons (Fsp3) is 0.125. The van der Waals surface area contributed by atoms with Crippen LogP contribution in [-0.2, 0) is 0 Å². The van der Waals surface area contributed by atoms with E-state index >= 15 is 0 Å². The molecule has 2 aromatic rings. The molecule has 0 bridgehead atoms. The highest BCUT2D eigenvalue weighted by Crippen LogP contribution is 2.35. The van der Waals surface area contributed by atoms with Crippen LogP contribution in [0.1, 0.15) is 14.5 Å². The van der Waals surface area contributed by atoms with Gasteiger partial charge in [-0.3, -0.25) is 0 Å². The van der Waals surface area contributed by atoms with Gasteiger partial charge in [0.2, 0.25) is 0 Å².